The Balaban J connectivity index is 1.78. The van der Waals surface area contributed by atoms with Crippen LogP contribution in [0.4, 0.5) is 0 Å². The Morgan fingerprint density at radius 2 is 2.06 bits per heavy atom. The van der Waals surface area contributed by atoms with Gasteiger partial charge in [-0.05, 0) is 44.5 Å². The van der Waals surface area contributed by atoms with Crippen molar-refractivity contribution in [2.24, 2.45) is 0 Å². The van der Waals surface area contributed by atoms with Gasteiger partial charge in [0, 0.05) is 30.2 Å². The third-order valence-corrected chi connectivity index (χ3v) is 3.71. The molecule has 1 aromatic rings. The highest BCUT2D eigenvalue weighted by molar-refractivity contribution is 6.30. The molecule has 0 bridgehead atoms. The number of hydrogen-bond donors (Lipinski definition) is 1. The first-order valence-electron chi connectivity index (χ1n) is 6.37. The number of nitrogens with zero attached hydrogens (tertiary/aromatic N) is 1. The van der Waals surface area contributed by atoms with E-state index in [-0.39, 0.29) is 0 Å². The lowest BCUT2D eigenvalue weighted by Crippen LogP contribution is -2.34. The van der Waals surface area contributed by atoms with Gasteiger partial charge in [0.1, 0.15) is 0 Å². The molecule has 2 nitrogen and oxygen atoms in total. The van der Waals surface area contributed by atoms with Crippen LogP contribution in [-0.2, 0) is 6.54 Å². The quantitative estimate of drug-likeness (QED) is 0.887. The second-order valence-corrected chi connectivity index (χ2v) is 5.52. The molecule has 1 aliphatic rings. The first kappa shape index (κ1) is 12.9. The van der Waals surface area contributed by atoms with E-state index in [4.69, 9.17) is 11.6 Å². The Hall–Kier alpha value is -0.570. The van der Waals surface area contributed by atoms with Crippen LogP contribution >= 0.6 is 11.6 Å². The molecular formula is C14H21ClN2. The minimum absolute atomic E-state index is 0.632. The molecule has 0 amide bonds. The summed E-state index contributed by atoms with van der Waals surface area (Å²) in [6.45, 7) is 7.86. The van der Waals surface area contributed by atoms with Crippen molar-refractivity contribution in [3.63, 3.8) is 0 Å². The molecule has 0 aromatic heterocycles. The Morgan fingerprint density at radius 1 is 1.35 bits per heavy atom. The summed E-state index contributed by atoms with van der Waals surface area (Å²) in [4.78, 5) is 2.53. The Labute approximate surface area is 109 Å². The molecule has 1 atom stereocenters. The SMILES string of the molecule is CC(C)N1CCC(NCc2ccc(Cl)cc2)C1. The number of likely N-dealkylation sites (tertiary alicyclic amines) is 1. The van der Waals surface area contributed by atoms with Crippen LogP contribution in [-0.4, -0.2) is 30.1 Å². The van der Waals surface area contributed by atoms with Crippen LogP contribution in [0.15, 0.2) is 24.3 Å². The first-order valence-corrected chi connectivity index (χ1v) is 6.75. The highest BCUT2D eigenvalue weighted by atomic mass is 35.5. The van der Waals surface area contributed by atoms with E-state index in [2.05, 4.69) is 36.2 Å². The molecule has 3 heteroatoms. The van der Waals surface area contributed by atoms with E-state index in [0.717, 1.165) is 11.6 Å². The van der Waals surface area contributed by atoms with E-state index in [1.807, 2.05) is 12.1 Å². The van der Waals surface area contributed by atoms with Gasteiger partial charge in [0.2, 0.25) is 0 Å². The number of nitrogens with one attached hydrogen (secondary N) is 1. The number of rotatable bonds is 4. The molecule has 1 aliphatic heterocycles. The van der Waals surface area contributed by atoms with Crippen molar-refractivity contribution in [3.8, 4) is 0 Å². The molecule has 17 heavy (non-hydrogen) atoms. The lowest BCUT2D eigenvalue weighted by molar-refractivity contribution is 0.268. The molecule has 0 saturated carbocycles. The van der Waals surface area contributed by atoms with E-state index >= 15 is 0 Å². The standard InChI is InChI=1S/C14H21ClN2/c1-11(2)17-8-7-14(10-17)16-9-12-3-5-13(15)6-4-12/h3-6,11,14,16H,7-10H2,1-2H3. The van der Waals surface area contributed by atoms with Gasteiger partial charge in [-0.1, -0.05) is 23.7 Å². The van der Waals surface area contributed by atoms with Gasteiger partial charge in [-0.2, -0.15) is 0 Å². The molecule has 1 aromatic carbocycles. The smallest absolute Gasteiger partial charge is 0.0406 e. The van der Waals surface area contributed by atoms with E-state index in [1.165, 1.54) is 25.1 Å². The molecule has 0 radical (unpaired) electrons. The normalized spacial score (nSPS) is 21.3. The second kappa shape index (κ2) is 5.85. The zero-order valence-corrected chi connectivity index (χ0v) is 11.4. The van der Waals surface area contributed by atoms with Gasteiger partial charge in [-0.25, -0.2) is 0 Å². The molecule has 1 saturated heterocycles. The van der Waals surface area contributed by atoms with E-state index in [9.17, 15) is 0 Å². The topological polar surface area (TPSA) is 15.3 Å². The third-order valence-electron chi connectivity index (χ3n) is 3.46. The molecule has 2 rings (SSSR count). The average Bonchev–Trinajstić information content (AvgIpc) is 2.77. The number of halogens is 1. The van der Waals surface area contributed by atoms with Gasteiger partial charge >= 0.3 is 0 Å². The molecule has 0 aliphatic carbocycles. The van der Waals surface area contributed by atoms with Crippen molar-refractivity contribution in [3.05, 3.63) is 34.9 Å². The van der Waals surface area contributed by atoms with Crippen LogP contribution < -0.4 is 5.32 Å². The van der Waals surface area contributed by atoms with Crippen LogP contribution in [0.1, 0.15) is 25.8 Å². The molecule has 94 valence electrons. The summed E-state index contributed by atoms with van der Waals surface area (Å²) in [5, 5.41) is 4.42. The lowest BCUT2D eigenvalue weighted by Gasteiger charge is -2.20. The molecule has 0 spiro atoms. The van der Waals surface area contributed by atoms with Crippen LogP contribution in [0.3, 0.4) is 0 Å². The van der Waals surface area contributed by atoms with E-state index in [1.54, 1.807) is 0 Å². The molecule has 1 heterocycles. The van der Waals surface area contributed by atoms with Gasteiger partial charge in [0.25, 0.3) is 0 Å². The molecule has 1 unspecified atom stereocenters. The maximum absolute atomic E-state index is 5.87. The fourth-order valence-corrected chi connectivity index (χ4v) is 2.41. The Kier molecular flexibility index (Phi) is 4.43. The van der Waals surface area contributed by atoms with Crippen molar-refractivity contribution < 1.29 is 0 Å². The predicted molar refractivity (Wildman–Crippen MR) is 73.4 cm³/mol. The zero-order valence-electron chi connectivity index (χ0n) is 10.6. The van der Waals surface area contributed by atoms with Gasteiger partial charge in [0.05, 0.1) is 0 Å². The Morgan fingerprint density at radius 3 is 2.65 bits per heavy atom. The minimum atomic E-state index is 0.632. The maximum Gasteiger partial charge on any atom is 0.0406 e. The lowest BCUT2D eigenvalue weighted by atomic mass is 10.2. The maximum atomic E-state index is 5.87. The first-order chi connectivity index (χ1) is 8.15. The average molecular weight is 253 g/mol. The fourth-order valence-electron chi connectivity index (χ4n) is 2.29. The molecule has 1 fully saturated rings. The highest BCUT2D eigenvalue weighted by Crippen LogP contribution is 2.14. The van der Waals surface area contributed by atoms with Crippen molar-refractivity contribution in [2.45, 2.75) is 38.9 Å². The number of hydrogen-bond acceptors (Lipinski definition) is 2. The van der Waals surface area contributed by atoms with E-state index < -0.39 is 0 Å². The zero-order chi connectivity index (χ0) is 12.3. The third kappa shape index (κ3) is 3.70. The van der Waals surface area contributed by atoms with Crippen molar-refractivity contribution in [1.29, 1.82) is 0 Å². The monoisotopic (exact) mass is 252 g/mol. The summed E-state index contributed by atoms with van der Waals surface area (Å²) in [5.74, 6) is 0. The van der Waals surface area contributed by atoms with Crippen LogP contribution in [0.5, 0.6) is 0 Å². The van der Waals surface area contributed by atoms with Gasteiger partial charge in [-0.3, -0.25) is 4.90 Å². The predicted octanol–water partition coefficient (Wildman–Crippen LogP) is 2.91. The van der Waals surface area contributed by atoms with E-state index in [0.29, 0.717) is 12.1 Å². The van der Waals surface area contributed by atoms with Crippen LogP contribution in [0.25, 0.3) is 0 Å². The van der Waals surface area contributed by atoms with Crippen molar-refractivity contribution in [2.75, 3.05) is 13.1 Å². The fraction of sp³-hybridized carbons (Fsp3) is 0.571. The summed E-state index contributed by atoms with van der Waals surface area (Å²) in [7, 11) is 0. The summed E-state index contributed by atoms with van der Waals surface area (Å²) in [5.41, 5.74) is 1.30. The summed E-state index contributed by atoms with van der Waals surface area (Å²) in [6.07, 6.45) is 1.26. The van der Waals surface area contributed by atoms with Crippen LogP contribution in [0.2, 0.25) is 5.02 Å². The summed E-state index contributed by atoms with van der Waals surface area (Å²) < 4.78 is 0. The largest absolute Gasteiger partial charge is 0.309 e. The highest BCUT2D eigenvalue weighted by Gasteiger charge is 2.23. The second-order valence-electron chi connectivity index (χ2n) is 5.08. The Bertz CT molecular complexity index is 348. The van der Waals surface area contributed by atoms with Crippen molar-refractivity contribution in [1.82, 2.24) is 10.2 Å². The van der Waals surface area contributed by atoms with Crippen molar-refractivity contribution >= 4 is 11.6 Å². The van der Waals surface area contributed by atoms with Gasteiger partial charge < -0.3 is 5.32 Å². The van der Waals surface area contributed by atoms with Gasteiger partial charge in [-0.15, -0.1) is 0 Å². The van der Waals surface area contributed by atoms with Gasteiger partial charge in [0.15, 0.2) is 0 Å². The minimum Gasteiger partial charge on any atom is -0.309 e. The summed E-state index contributed by atoms with van der Waals surface area (Å²) in [6, 6.07) is 9.38. The molecular weight excluding hydrogens is 232 g/mol. The summed E-state index contributed by atoms with van der Waals surface area (Å²) >= 11 is 5.87. The number of benzene rings is 1. The van der Waals surface area contributed by atoms with Crippen LogP contribution in [0, 0.1) is 0 Å². The molecule has 1 N–H and O–H groups in total.